The Hall–Kier alpha value is -1.60. The number of carbonyl (C=O) groups is 1. The van der Waals surface area contributed by atoms with Gasteiger partial charge in [0.1, 0.15) is 0 Å². The molecular formula is C18H25N3O3S. The lowest BCUT2D eigenvalue weighted by Crippen LogP contribution is -2.47. The van der Waals surface area contributed by atoms with Crippen molar-refractivity contribution in [2.75, 3.05) is 18.4 Å². The molecule has 0 radical (unpaired) electrons. The van der Waals surface area contributed by atoms with Crippen LogP contribution in [0, 0.1) is 0 Å². The normalized spacial score (nSPS) is 22.3. The molecule has 1 unspecified atom stereocenters. The maximum Gasteiger partial charge on any atom is 0.332 e. The zero-order valence-corrected chi connectivity index (χ0v) is 15.2. The van der Waals surface area contributed by atoms with Crippen molar-refractivity contribution in [2.45, 2.75) is 56.6 Å². The van der Waals surface area contributed by atoms with Gasteiger partial charge < -0.3 is 10.6 Å². The summed E-state index contributed by atoms with van der Waals surface area (Å²) >= 11 is 0. The van der Waals surface area contributed by atoms with E-state index >= 15 is 0 Å². The topological polar surface area (TPSA) is 87.3 Å². The second-order valence-electron chi connectivity index (χ2n) is 7.30. The molecule has 25 heavy (non-hydrogen) atoms. The molecule has 1 aromatic carbocycles. The molecule has 0 saturated carbocycles. The monoisotopic (exact) mass is 363 g/mol. The Morgan fingerprint density at radius 1 is 1.04 bits per heavy atom. The fourth-order valence-electron chi connectivity index (χ4n) is 4.40. The number of amides is 2. The highest BCUT2D eigenvalue weighted by atomic mass is 32.2. The maximum atomic E-state index is 12.4. The van der Waals surface area contributed by atoms with Gasteiger partial charge in [-0.15, -0.1) is 0 Å². The molecular weight excluding hydrogens is 338 g/mol. The van der Waals surface area contributed by atoms with E-state index in [-0.39, 0.29) is 0 Å². The van der Waals surface area contributed by atoms with Gasteiger partial charge in [-0.3, -0.25) is 0 Å². The summed E-state index contributed by atoms with van der Waals surface area (Å²) in [5, 5.41) is 5.43. The van der Waals surface area contributed by atoms with E-state index in [9.17, 15) is 13.2 Å². The van der Waals surface area contributed by atoms with Gasteiger partial charge in [0.2, 0.25) is 10.0 Å². The zero-order valence-electron chi connectivity index (χ0n) is 14.4. The van der Waals surface area contributed by atoms with Gasteiger partial charge >= 0.3 is 6.03 Å². The maximum absolute atomic E-state index is 12.4. The predicted molar refractivity (Wildman–Crippen MR) is 97.5 cm³/mol. The van der Waals surface area contributed by atoms with Crippen LogP contribution in [-0.4, -0.2) is 32.8 Å². The van der Waals surface area contributed by atoms with Gasteiger partial charge in [-0.05, 0) is 80.2 Å². The molecule has 0 aromatic heterocycles. The quantitative estimate of drug-likeness (QED) is 0.765. The van der Waals surface area contributed by atoms with Crippen LogP contribution in [0.5, 0.6) is 0 Å². The van der Waals surface area contributed by atoms with Crippen molar-refractivity contribution >= 4 is 21.7 Å². The number of piperidine rings is 1. The van der Waals surface area contributed by atoms with E-state index in [0.29, 0.717) is 13.0 Å². The van der Waals surface area contributed by atoms with Gasteiger partial charge in [-0.2, -0.15) is 0 Å². The molecule has 6 nitrogen and oxygen atoms in total. The highest BCUT2D eigenvalue weighted by molar-refractivity contribution is 7.90. The van der Waals surface area contributed by atoms with Crippen LogP contribution in [0.15, 0.2) is 6.07 Å². The SMILES string of the molecule is O=C(Nc1c2c(cc3c1CCC3)CCC2)NS(=O)(=O)C1CCCNC1. The Bertz CT molecular complexity index is 766. The number of anilines is 1. The van der Waals surface area contributed by atoms with E-state index in [1.54, 1.807) is 0 Å². The van der Waals surface area contributed by atoms with Crippen LogP contribution in [0.1, 0.15) is 47.9 Å². The molecule has 7 heteroatoms. The van der Waals surface area contributed by atoms with Gasteiger partial charge in [-0.25, -0.2) is 17.9 Å². The number of carbonyl (C=O) groups excluding carboxylic acids is 1. The molecule has 1 atom stereocenters. The van der Waals surface area contributed by atoms with E-state index < -0.39 is 21.3 Å². The molecule has 1 heterocycles. The first-order valence-electron chi connectivity index (χ1n) is 9.24. The van der Waals surface area contributed by atoms with E-state index in [0.717, 1.165) is 57.2 Å². The summed E-state index contributed by atoms with van der Waals surface area (Å²) in [5.41, 5.74) is 5.91. The first-order valence-corrected chi connectivity index (χ1v) is 10.8. The Kier molecular flexibility index (Phi) is 4.45. The Morgan fingerprint density at radius 3 is 2.32 bits per heavy atom. The molecule has 2 amide bonds. The summed E-state index contributed by atoms with van der Waals surface area (Å²) in [6, 6.07) is 1.66. The van der Waals surface area contributed by atoms with Gasteiger partial charge in [-0.1, -0.05) is 6.07 Å². The minimum Gasteiger partial charge on any atom is -0.315 e. The zero-order chi connectivity index (χ0) is 17.4. The molecule has 1 saturated heterocycles. The number of benzene rings is 1. The lowest BCUT2D eigenvalue weighted by Gasteiger charge is -2.23. The molecule has 1 fully saturated rings. The standard InChI is InChI=1S/C18H25N3O3S/c22-18(21-25(23,24)14-6-3-9-19-11-14)20-17-15-7-1-4-12(15)10-13-5-2-8-16(13)17/h10,14,19H,1-9,11H2,(H2,20,21,22). The van der Waals surface area contributed by atoms with Crippen molar-refractivity contribution in [3.63, 3.8) is 0 Å². The summed E-state index contributed by atoms with van der Waals surface area (Å²) in [7, 11) is -3.66. The minimum atomic E-state index is -3.66. The van der Waals surface area contributed by atoms with E-state index in [2.05, 4.69) is 21.4 Å². The van der Waals surface area contributed by atoms with Crippen molar-refractivity contribution in [3.8, 4) is 0 Å². The minimum absolute atomic E-state index is 0.402. The van der Waals surface area contributed by atoms with Crippen LogP contribution in [0.25, 0.3) is 0 Å². The third kappa shape index (κ3) is 3.27. The fraction of sp³-hybridized carbons (Fsp3) is 0.611. The van der Waals surface area contributed by atoms with Crippen molar-refractivity contribution in [1.82, 2.24) is 10.0 Å². The highest BCUT2D eigenvalue weighted by Crippen LogP contribution is 2.38. The van der Waals surface area contributed by atoms with Crippen molar-refractivity contribution < 1.29 is 13.2 Å². The second kappa shape index (κ2) is 6.61. The first kappa shape index (κ1) is 16.8. The van der Waals surface area contributed by atoms with Crippen LogP contribution in [-0.2, 0) is 35.7 Å². The second-order valence-corrected chi connectivity index (χ2v) is 9.26. The average Bonchev–Trinajstić information content (AvgIpc) is 3.24. The van der Waals surface area contributed by atoms with Crippen LogP contribution in [0.2, 0.25) is 0 Å². The third-order valence-corrected chi connectivity index (χ3v) is 7.39. The largest absolute Gasteiger partial charge is 0.332 e. The summed E-state index contributed by atoms with van der Waals surface area (Å²) in [6.07, 6.45) is 7.60. The number of aryl methyl sites for hydroxylation is 2. The number of fused-ring (bicyclic) bond motifs is 2. The van der Waals surface area contributed by atoms with Crippen molar-refractivity contribution in [1.29, 1.82) is 0 Å². The number of hydrogen-bond acceptors (Lipinski definition) is 4. The van der Waals surface area contributed by atoms with Crippen LogP contribution >= 0.6 is 0 Å². The van der Waals surface area contributed by atoms with Crippen LogP contribution in [0.4, 0.5) is 10.5 Å². The molecule has 3 N–H and O–H groups in total. The lowest BCUT2D eigenvalue weighted by molar-refractivity contribution is 0.256. The summed E-state index contributed by atoms with van der Waals surface area (Å²) in [4.78, 5) is 12.4. The van der Waals surface area contributed by atoms with Crippen molar-refractivity contribution in [3.05, 3.63) is 28.3 Å². The summed E-state index contributed by atoms with van der Waals surface area (Å²) in [6.45, 7) is 1.24. The van der Waals surface area contributed by atoms with E-state index in [1.807, 2.05) is 0 Å². The summed E-state index contributed by atoms with van der Waals surface area (Å²) in [5.74, 6) is 0. The lowest BCUT2D eigenvalue weighted by atomic mass is 9.99. The molecule has 136 valence electrons. The predicted octanol–water partition coefficient (Wildman–Crippen LogP) is 1.87. The van der Waals surface area contributed by atoms with Gasteiger partial charge in [0.25, 0.3) is 0 Å². The molecule has 1 aliphatic heterocycles. The summed E-state index contributed by atoms with van der Waals surface area (Å²) < 4.78 is 27.1. The highest BCUT2D eigenvalue weighted by Gasteiger charge is 2.30. The average molecular weight is 363 g/mol. The van der Waals surface area contributed by atoms with E-state index in [1.165, 1.54) is 22.3 Å². The molecule has 0 bridgehead atoms. The Balaban J connectivity index is 1.54. The smallest absolute Gasteiger partial charge is 0.315 e. The number of urea groups is 1. The molecule has 1 aromatic rings. The molecule has 3 aliphatic rings. The molecule has 0 spiro atoms. The van der Waals surface area contributed by atoms with Crippen LogP contribution in [0.3, 0.4) is 0 Å². The fourth-order valence-corrected chi connectivity index (χ4v) is 5.69. The Labute approximate surface area is 148 Å². The van der Waals surface area contributed by atoms with Gasteiger partial charge in [0, 0.05) is 12.2 Å². The van der Waals surface area contributed by atoms with Gasteiger partial charge in [0.15, 0.2) is 0 Å². The number of rotatable bonds is 3. The number of sulfonamides is 1. The molecule has 2 aliphatic carbocycles. The van der Waals surface area contributed by atoms with Crippen LogP contribution < -0.4 is 15.4 Å². The number of hydrogen-bond donors (Lipinski definition) is 3. The van der Waals surface area contributed by atoms with Crippen molar-refractivity contribution in [2.24, 2.45) is 0 Å². The van der Waals surface area contributed by atoms with Gasteiger partial charge in [0.05, 0.1) is 5.25 Å². The third-order valence-electron chi connectivity index (χ3n) is 5.64. The molecule has 4 rings (SSSR count). The Morgan fingerprint density at radius 2 is 1.72 bits per heavy atom. The first-order chi connectivity index (χ1) is 12.0. The van der Waals surface area contributed by atoms with E-state index in [4.69, 9.17) is 0 Å². The number of nitrogens with one attached hydrogen (secondary N) is 3.